The smallest absolute Gasteiger partial charge is 0.241 e. The highest BCUT2D eigenvalue weighted by Gasteiger charge is 2.12. The zero-order valence-electron chi connectivity index (χ0n) is 10.7. The lowest BCUT2D eigenvalue weighted by molar-refractivity contribution is -0.117. The number of hydrogen-bond donors (Lipinski definition) is 2. The molecule has 0 unspecified atom stereocenters. The second-order valence-electron chi connectivity index (χ2n) is 4.19. The standard InChI is InChI=1S/C12H16N6O/c1-2-4-11(13)12(19)15-9-5-3-6-10(7-9)18-8-14-16-17-18/h3,5-8,11H,2,4,13H2,1H3,(H,15,19)/t11-/m0/s1. The van der Waals surface area contributed by atoms with Crippen molar-refractivity contribution in [2.75, 3.05) is 5.32 Å². The largest absolute Gasteiger partial charge is 0.325 e. The fourth-order valence-electron chi connectivity index (χ4n) is 1.68. The number of aromatic nitrogens is 4. The number of hydrogen-bond acceptors (Lipinski definition) is 5. The zero-order valence-corrected chi connectivity index (χ0v) is 10.7. The maximum atomic E-state index is 11.8. The van der Waals surface area contributed by atoms with Gasteiger partial charge < -0.3 is 11.1 Å². The number of benzene rings is 1. The Morgan fingerprint density at radius 1 is 1.53 bits per heavy atom. The first kappa shape index (κ1) is 13.2. The number of anilines is 1. The van der Waals surface area contributed by atoms with Crippen LogP contribution in [0.5, 0.6) is 0 Å². The Morgan fingerprint density at radius 3 is 3.05 bits per heavy atom. The predicted octanol–water partition coefficient (Wildman–Crippen LogP) is 0.728. The van der Waals surface area contributed by atoms with Crippen LogP contribution in [-0.2, 0) is 4.79 Å². The van der Waals surface area contributed by atoms with Gasteiger partial charge in [-0.05, 0) is 35.0 Å². The van der Waals surface area contributed by atoms with E-state index in [4.69, 9.17) is 5.73 Å². The number of nitrogens with one attached hydrogen (secondary N) is 1. The highest BCUT2D eigenvalue weighted by molar-refractivity contribution is 5.94. The van der Waals surface area contributed by atoms with E-state index in [1.807, 2.05) is 19.1 Å². The van der Waals surface area contributed by atoms with Gasteiger partial charge in [0.05, 0.1) is 11.7 Å². The van der Waals surface area contributed by atoms with Crippen LogP contribution >= 0.6 is 0 Å². The summed E-state index contributed by atoms with van der Waals surface area (Å²) in [5, 5.41) is 13.7. The van der Waals surface area contributed by atoms with Gasteiger partial charge in [0.2, 0.25) is 5.91 Å². The number of tetrazole rings is 1. The van der Waals surface area contributed by atoms with Gasteiger partial charge in [0, 0.05) is 5.69 Å². The van der Waals surface area contributed by atoms with Gasteiger partial charge in [0.25, 0.3) is 0 Å². The highest BCUT2D eigenvalue weighted by Crippen LogP contribution is 2.13. The molecule has 1 aromatic carbocycles. The molecule has 0 spiro atoms. The molecule has 1 heterocycles. The summed E-state index contributed by atoms with van der Waals surface area (Å²) in [6.07, 6.45) is 3.03. The number of nitrogens with zero attached hydrogens (tertiary/aromatic N) is 4. The van der Waals surface area contributed by atoms with Crippen LogP contribution < -0.4 is 11.1 Å². The highest BCUT2D eigenvalue weighted by atomic mass is 16.2. The Labute approximate surface area is 110 Å². The molecular formula is C12H16N6O. The normalized spacial score (nSPS) is 12.1. The van der Waals surface area contributed by atoms with Crippen LogP contribution in [0.3, 0.4) is 0 Å². The number of nitrogens with two attached hydrogens (primary N) is 1. The van der Waals surface area contributed by atoms with Gasteiger partial charge in [-0.25, -0.2) is 4.68 Å². The van der Waals surface area contributed by atoms with E-state index in [1.165, 1.54) is 11.0 Å². The fourth-order valence-corrected chi connectivity index (χ4v) is 1.68. The van der Waals surface area contributed by atoms with Crippen molar-refractivity contribution in [3.05, 3.63) is 30.6 Å². The van der Waals surface area contributed by atoms with E-state index in [9.17, 15) is 4.79 Å². The molecule has 1 atom stereocenters. The molecule has 100 valence electrons. The van der Waals surface area contributed by atoms with Crippen molar-refractivity contribution in [3.63, 3.8) is 0 Å². The van der Waals surface area contributed by atoms with Gasteiger partial charge in [-0.15, -0.1) is 5.10 Å². The van der Waals surface area contributed by atoms with E-state index in [-0.39, 0.29) is 5.91 Å². The van der Waals surface area contributed by atoms with Crippen molar-refractivity contribution in [1.29, 1.82) is 0 Å². The summed E-state index contributed by atoms with van der Waals surface area (Å²) in [5.74, 6) is -0.185. The van der Waals surface area contributed by atoms with Crippen LogP contribution in [0.4, 0.5) is 5.69 Å². The second-order valence-corrected chi connectivity index (χ2v) is 4.19. The zero-order chi connectivity index (χ0) is 13.7. The third-order valence-electron chi connectivity index (χ3n) is 2.66. The van der Waals surface area contributed by atoms with E-state index >= 15 is 0 Å². The molecule has 3 N–H and O–H groups in total. The minimum Gasteiger partial charge on any atom is -0.325 e. The summed E-state index contributed by atoms with van der Waals surface area (Å²) < 4.78 is 1.52. The van der Waals surface area contributed by atoms with Gasteiger partial charge in [-0.2, -0.15) is 0 Å². The first-order valence-electron chi connectivity index (χ1n) is 6.10. The lowest BCUT2D eigenvalue weighted by Crippen LogP contribution is -2.35. The molecule has 19 heavy (non-hydrogen) atoms. The molecule has 0 bridgehead atoms. The molecule has 0 aliphatic rings. The summed E-state index contributed by atoms with van der Waals surface area (Å²) in [6, 6.07) is 6.76. The monoisotopic (exact) mass is 260 g/mol. The Morgan fingerprint density at radius 2 is 2.37 bits per heavy atom. The summed E-state index contributed by atoms with van der Waals surface area (Å²) in [6.45, 7) is 1.99. The molecule has 0 aliphatic heterocycles. The SMILES string of the molecule is CCC[C@H](N)C(=O)Nc1cccc(-n2cnnn2)c1. The van der Waals surface area contributed by atoms with Crippen molar-refractivity contribution < 1.29 is 4.79 Å². The van der Waals surface area contributed by atoms with Crippen molar-refractivity contribution >= 4 is 11.6 Å². The first-order valence-corrected chi connectivity index (χ1v) is 6.10. The van der Waals surface area contributed by atoms with Gasteiger partial charge >= 0.3 is 0 Å². The molecule has 1 aromatic heterocycles. The Balaban J connectivity index is 2.09. The molecule has 1 amide bonds. The fraction of sp³-hybridized carbons (Fsp3) is 0.333. The van der Waals surface area contributed by atoms with Gasteiger partial charge in [0.1, 0.15) is 6.33 Å². The minimum absolute atomic E-state index is 0.185. The molecule has 7 heteroatoms. The van der Waals surface area contributed by atoms with Crippen molar-refractivity contribution in [2.45, 2.75) is 25.8 Å². The van der Waals surface area contributed by atoms with Gasteiger partial charge in [-0.1, -0.05) is 19.4 Å². The van der Waals surface area contributed by atoms with Crippen LogP contribution in [0.15, 0.2) is 30.6 Å². The lowest BCUT2D eigenvalue weighted by atomic mass is 10.1. The minimum atomic E-state index is -0.485. The van der Waals surface area contributed by atoms with E-state index in [0.29, 0.717) is 12.1 Å². The molecule has 0 radical (unpaired) electrons. The summed E-state index contributed by atoms with van der Waals surface area (Å²) in [5.41, 5.74) is 7.20. The third-order valence-corrected chi connectivity index (χ3v) is 2.66. The van der Waals surface area contributed by atoms with Crippen molar-refractivity contribution in [2.24, 2.45) is 5.73 Å². The predicted molar refractivity (Wildman–Crippen MR) is 70.7 cm³/mol. The van der Waals surface area contributed by atoms with Crippen LogP contribution in [0, 0.1) is 0 Å². The van der Waals surface area contributed by atoms with Gasteiger partial charge in [0.15, 0.2) is 0 Å². The lowest BCUT2D eigenvalue weighted by Gasteiger charge is -2.11. The van der Waals surface area contributed by atoms with Crippen LogP contribution in [0.25, 0.3) is 5.69 Å². The topological polar surface area (TPSA) is 98.7 Å². The second kappa shape index (κ2) is 6.05. The molecule has 0 saturated heterocycles. The van der Waals surface area contributed by atoms with Crippen LogP contribution in [-0.4, -0.2) is 32.2 Å². The van der Waals surface area contributed by atoms with Crippen molar-refractivity contribution in [1.82, 2.24) is 20.2 Å². The molecule has 0 fully saturated rings. The average Bonchev–Trinajstić information content (AvgIpc) is 2.93. The quantitative estimate of drug-likeness (QED) is 0.825. The molecule has 2 aromatic rings. The Hall–Kier alpha value is -2.28. The summed E-state index contributed by atoms with van der Waals surface area (Å²) >= 11 is 0. The summed E-state index contributed by atoms with van der Waals surface area (Å²) in [7, 11) is 0. The Bertz CT molecular complexity index is 539. The molecule has 7 nitrogen and oxygen atoms in total. The molecule has 0 saturated carbocycles. The number of rotatable bonds is 5. The van der Waals surface area contributed by atoms with Crippen LogP contribution in [0.1, 0.15) is 19.8 Å². The number of amides is 1. The number of carbonyl (C=O) groups is 1. The van der Waals surface area contributed by atoms with E-state index in [0.717, 1.165) is 12.1 Å². The first-order chi connectivity index (χ1) is 9.20. The maximum Gasteiger partial charge on any atom is 0.241 e. The molecule has 2 rings (SSSR count). The number of carbonyl (C=O) groups excluding carboxylic acids is 1. The summed E-state index contributed by atoms with van der Waals surface area (Å²) in [4.78, 5) is 11.8. The van der Waals surface area contributed by atoms with E-state index in [1.54, 1.807) is 12.1 Å². The molecular weight excluding hydrogens is 244 g/mol. The average molecular weight is 260 g/mol. The van der Waals surface area contributed by atoms with Crippen LogP contribution in [0.2, 0.25) is 0 Å². The maximum absolute atomic E-state index is 11.8. The third kappa shape index (κ3) is 3.35. The van der Waals surface area contributed by atoms with Crippen molar-refractivity contribution in [3.8, 4) is 5.69 Å². The van der Waals surface area contributed by atoms with E-state index < -0.39 is 6.04 Å². The Kier molecular flexibility index (Phi) is 4.19. The molecule has 0 aliphatic carbocycles. The van der Waals surface area contributed by atoms with E-state index in [2.05, 4.69) is 20.8 Å². The van der Waals surface area contributed by atoms with Gasteiger partial charge in [-0.3, -0.25) is 4.79 Å².